The number of aromatic hydroxyl groups is 1. The van der Waals surface area contributed by atoms with Crippen LogP contribution in [0.4, 0.5) is 0 Å². The SMILES string of the molecule is C1CCOC1.COC(=O)c1ccc2ccn(CCO)c2c1.COC(=O)c1ccc2ccn(CCOc3ccccc3Cl)c2c1.Oc1ccccc1Cl. The van der Waals surface area contributed by atoms with Gasteiger partial charge in [0.25, 0.3) is 0 Å². The van der Waals surface area contributed by atoms with Crippen molar-refractivity contribution in [2.75, 3.05) is 40.6 Å². The average Bonchev–Trinajstić information content (AvgIpc) is 3.97. The Morgan fingerprint density at radius 1 is 0.712 bits per heavy atom. The normalized spacial score (nSPS) is 11.7. The van der Waals surface area contributed by atoms with Crippen LogP contribution in [0, 0.1) is 0 Å². The first-order valence-electron chi connectivity index (χ1n) is 16.6. The molecule has 2 aromatic heterocycles. The van der Waals surface area contributed by atoms with Crippen molar-refractivity contribution in [2.24, 2.45) is 0 Å². The molecule has 0 aliphatic carbocycles. The number of phenolic OH excluding ortho intramolecular Hbond substituents is 1. The fourth-order valence-electron chi connectivity index (χ4n) is 5.13. The van der Waals surface area contributed by atoms with Crippen molar-refractivity contribution in [2.45, 2.75) is 25.9 Å². The lowest BCUT2D eigenvalue weighted by atomic mass is 10.1. The number of fused-ring (bicyclic) bond motifs is 2. The summed E-state index contributed by atoms with van der Waals surface area (Å²) in [6.45, 7) is 3.73. The third-order valence-electron chi connectivity index (χ3n) is 7.84. The molecular weight excluding hydrogens is 707 g/mol. The molecule has 7 rings (SSSR count). The van der Waals surface area contributed by atoms with Crippen molar-refractivity contribution < 1.29 is 38.7 Å². The van der Waals surface area contributed by atoms with E-state index in [0.717, 1.165) is 35.0 Å². The Balaban J connectivity index is 0.000000178. The first-order valence-corrected chi connectivity index (χ1v) is 17.3. The average molecular weight is 750 g/mol. The summed E-state index contributed by atoms with van der Waals surface area (Å²) in [7, 11) is 2.74. The number of carbonyl (C=O) groups excluding carboxylic acids is 2. The lowest BCUT2D eigenvalue weighted by Crippen LogP contribution is -2.08. The molecule has 1 fully saturated rings. The van der Waals surface area contributed by atoms with E-state index in [2.05, 4.69) is 4.74 Å². The molecule has 3 heterocycles. The number of phenols is 1. The van der Waals surface area contributed by atoms with Gasteiger partial charge in [-0.3, -0.25) is 0 Å². The number of hydrogen-bond acceptors (Lipinski definition) is 8. The molecule has 0 bridgehead atoms. The third kappa shape index (κ3) is 11.5. The van der Waals surface area contributed by atoms with E-state index in [1.54, 1.807) is 48.5 Å². The molecule has 52 heavy (non-hydrogen) atoms. The second-order valence-electron chi connectivity index (χ2n) is 11.3. The summed E-state index contributed by atoms with van der Waals surface area (Å²) >= 11 is 11.5. The smallest absolute Gasteiger partial charge is 0.337 e. The van der Waals surface area contributed by atoms with Crippen LogP contribution in [-0.2, 0) is 27.3 Å². The van der Waals surface area contributed by atoms with Crippen molar-refractivity contribution in [3.05, 3.63) is 131 Å². The molecule has 0 saturated carbocycles. The van der Waals surface area contributed by atoms with Gasteiger partial charge in [-0.25, -0.2) is 9.59 Å². The molecular formula is C40H42Cl2N2O8. The van der Waals surface area contributed by atoms with Gasteiger partial charge in [-0.2, -0.15) is 0 Å². The molecule has 0 atom stereocenters. The van der Waals surface area contributed by atoms with Gasteiger partial charge in [-0.15, -0.1) is 0 Å². The van der Waals surface area contributed by atoms with Crippen LogP contribution in [0.25, 0.3) is 21.8 Å². The molecule has 0 amide bonds. The third-order valence-corrected chi connectivity index (χ3v) is 8.47. The number of esters is 2. The van der Waals surface area contributed by atoms with E-state index in [0.29, 0.717) is 46.6 Å². The molecule has 12 heteroatoms. The lowest BCUT2D eigenvalue weighted by Gasteiger charge is -2.10. The van der Waals surface area contributed by atoms with Gasteiger partial charge < -0.3 is 38.3 Å². The van der Waals surface area contributed by atoms with E-state index in [1.807, 2.05) is 70.1 Å². The van der Waals surface area contributed by atoms with Crippen molar-refractivity contribution >= 4 is 56.9 Å². The number of methoxy groups -OCH3 is 2. The molecule has 0 unspecified atom stereocenters. The van der Waals surface area contributed by atoms with Crippen molar-refractivity contribution in [3.63, 3.8) is 0 Å². The zero-order valence-electron chi connectivity index (χ0n) is 29.0. The van der Waals surface area contributed by atoms with E-state index in [4.69, 9.17) is 47.6 Å². The molecule has 4 aromatic carbocycles. The van der Waals surface area contributed by atoms with Crippen LogP contribution in [0.15, 0.2) is 109 Å². The summed E-state index contributed by atoms with van der Waals surface area (Å²) in [5.74, 6) is 0.112. The van der Waals surface area contributed by atoms with Crippen molar-refractivity contribution in [3.8, 4) is 11.5 Å². The van der Waals surface area contributed by atoms with Crippen LogP contribution < -0.4 is 4.74 Å². The topological polar surface area (TPSA) is 121 Å². The highest BCUT2D eigenvalue weighted by Gasteiger charge is 2.10. The van der Waals surface area contributed by atoms with Gasteiger partial charge in [0.05, 0.1) is 48.5 Å². The highest BCUT2D eigenvalue weighted by atomic mass is 35.5. The summed E-state index contributed by atoms with van der Waals surface area (Å²) in [4.78, 5) is 23.0. The number of benzene rings is 4. The fourth-order valence-corrected chi connectivity index (χ4v) is 5.46. The number of halogens is 2. The van der Waals surface area contributed by atoms with E-state index >= 15 is 0 Å². The van der Waals surface area contributed by atoms with Gasteiger partial charge in [0, 0.05) is 43.2 Å². The number of para-hydroxylation sites is 2. The molecule has 10 nitrogen and oxygen atoms in total. The highest BCUT2D eigenvalue weighted by molar-refractivity contribution is 6.32. The van der Waals surface area contributed by atoms with Crippen LogP contribution in [-0.4, -0.2) is 71.9 Å². The van der Waals surface area contributed by atoms with Crippen molar-refractivity contribution in [1.82, 2.24) is 9.13 Å². The minimum atomic E-state index is -0.348. The molecule has 2 N–H and O–H groups in total. The standard InChI is InChI=1S/C18H16ClNO3.C12H13NO3.C6H5ClO.C4H8O/c1-22-18(21)14-7-6-13-8-9-20(16(13)12-14)10-11-23-17-5-3-2-4-15(17)19;1-16-12(15)10-3-2-9-4-5-13(6-7-14)11(9)8-10;7-5-3-1-2-4-6(5)8;1-2-4-5-3-1/h2-9,12H,10-11H2,1H3;2-5,8,14H,6-7H2,1H3;1-4,8H;1-4H2. The second kappa shape index (κ2) is 20.8. The van der Waals surface area contributed by atoms with Crippen LogP contribution in [0.5, 0.6) is 11.5 Å². The number of carbonyl (C=O) groups is 2. The molecule has 0 spiro atoms. The summed E-state index contributed by atoms with van der Waals surface area (Å²) in [5.41, 5.74) is 2.95. The van der Waals surface area contributed by atoms with Crippen LogP contribution in [0.3, 0.4) is 0 Å². The Bertz CT molecular complexity index is 2010. The van der Waals surface area contributed by atoms with Crippen LogP contribution in [0.2, 0.25) is 10.0 Å². The van der Waals surface area contributed by atoms with Crippen molar-refractivity contribution in [1.29, 1.82) is 0 Å². The number of aromatic nitrogens is 2. The highest BCUT2D eigenvalue weighted by Crippen LogP contribution is 2.24. The molecule has 0 radical (unpaired) electrons. The largest absolute Gasteiger partial charge is 0.506 e. The van der Waals surface area contributed by atoms with E-state index in [9.17, 15) is 9.59 Å². The summed E-state index contributed by atoms with van der Waals surface area (Å²) in [6.07, 6.45) is 6.42. The fraction of sp³-hybridized carbons (Fsp3) is 0.250. The number of ether oxygens (including phenoxy) is 4. The summed E-state index contributed by atoms with van der Waals surface area (Å²) < 4.78 is 24.0. The maximum Gasteiger partial charge on any atom is 0.337 e. The predicted molar refractivity (Wildman–Crippen MR) is 204 cm³/mol. The predicted octanol–water partition coefficient (Wildman–Crippen LogP) is 8.42. The zero-order chi connectivity index (χ0) is 37.3. The summed E-state index contributed by atoms with van der Waals surface area (Å²) in [5, 5.41) is 20.8. The Kier molecular flexibility index (Phi) is 15.9. The Morgan fingerprint density at radius 3 is 1.67 bits per heavy atom. The van der Waals surface area contributed by atoms with Crippen LogP contribution >= 0.6 is 23.2 Å². The van der Waals surface area contributed by atoms with Gasteiger partial charge in [-0.05, 0) is 84.3 Å². The Morgan fingerprint density at radius 2 is 1.23 bits per heavy atom. The monoisotopic (exact) mass is 748 g/mol. The van der Waals surface area contributed by atoms with Gasteiger partial charge >= 0.3 is 11.9 Å². The first kappa shape index (κ1) is 39.8. The lowest BCUT2D eigenvalue weighted by molar-refractivity contribution is 0.0592. The van der Waals surface area contributed by atoms with E-state index < -0.39 is 0 Å². The second-order valence-corrected chi connectivity index (χ2v) is 12.1. The first-order chi connectivity index (χ1) is 25.2. The zero-order valence-corrected chi connectivity index (χ0v) is 30.6. The summed E-state index contributed by atoms with van der Waals surface area (Å²) in [6, 6.07) is 28.9. The van der Waals surface area contributed by atoms with Crippen LogP contribution in [0.1, 0.15) is 33.6 Å². The Hall–Kier alpha value is -5.00. The minimum absolute atomic E-state index is 0.0756. The number of hydrogen-bond donors (Lipinski definition) is 2. The number of aliphatic hydroxyl groups is 1. The molecule has 274 valence electrons. The minimum Gasteiger partial charge on any atom is -0.506 e. The molecule has 6 aromatic rings. The maximum absolute atomic E-state index is 11.7. The Labute approximate surface area is 312 Å². The maximum atomic E-state index is 11.7. The van der Waals surface area contributed by atoms with Gasteiger partial charge in [-0.1, -0.05) is 59.6 Å². The number of aliphatic hydroxyl groups excluding tert-OH is 1. The molecule has 1 saturated heterocycles. The van der Waals surface area contributed by atoms with E-state index in [-0.39, 0.29) is 24.3 Å². The van der Waals surface area contributed by atoms with E-state index in [1.165, 1.54) is 27.1 Å². The number of nitrogens with zero attached hydrogens (tertiary/aromatic N) is 2. The van der Waals surface area contributed by atoms with Gasteiger partial charge in [0.1, 0.15) is 18.1 Å². The number of rotatable bonds is 8. The molecule has 1 aliphatic rings. The molecule has 1 aliphatic heterocycles. The quantitative estimate of drug-likeness (QED) is 0.149. The van der Waals surface area contributed by atoms with Gasteiger partial charge in [0.15, 0.2) is 0 Å². The van der Waals surface area contributed by atoms with Gasteiger partial charge in [0.2, 0.25) is 0 Å².